The second kappa shape index (κ2) is 7.43. The quantitative estimate of drug-likeness (QED) is 0.434. The fraction of sp³-hybridized carbons (Fsp3) is 0.364. The fourth-order valence-electron chi connectivity index (χ4n) is 4.38. The number of fused-ring (bicyclic) bond motifs is 2. The van der Waals surface area contributed by atoms with Crippen LogP contribution in [-0.4, -0.2) is 34.0 Å². The molecule has 0 spiro atoms. The van der Waals surface area contributed by atoms with Crippen molar-refractivity contribution in [2.45, 2.75) is 38.6 Å². The van der Waals surface area contributed by atoms with Gasteiger partial charge >= 0.3 is 0 Å². The summed E-state index contributed by atoms with van der Waals surface area (Å²) in [5, 5.41) is 4.82. The number of hydrogen-bond acceptors (Lipinski definition) is 6. The average molecular weight is 409 g/mol. The largest absolute Gasteiger partial charge is 0.355 e. The summed E-state index contributed by atoms with van der Waals surface area (Å²) >= 11 is 3.54. The first-order valence-electron chi connectivity index (χ1n) is 9.95. The van der Waals surface area contributed by atoms with Crippen molar-refractivity contribution in [2.75, 3.05) is 18.4 Å². The van der Waals surface area contributed by atoms with Gasteiger partial charge in [-0.25, -0.2) is 9.97 Å². The zero-order valence-corrected chi connectivity index (χ0v) is 17.8. The lowest BCUT2D eigenvalue weighted by Crippen LogP contribution is -2.41. The lowest BCUT2D eigenvalue weighted by atomic mass is 9.89. The number of rotatable bonds is 4. The standard InChI is InChI=1S/C22H24N4S2/c1-3-26-10-4-5-16(14(26)2)21-12-17-18(8-9-23-22(17)28-21)25-15-6-7-20-19(11-15)24-13-27-20/h6-9,11-14,16H,3-5,10H2,1-2H3,(H,23,25)/t14-,16+/m1/s1. The maximum atomic E-state index is 4.66. The predicted molar refractivity (Wildman–Crippen MR) is 121 cm³/mol. The molecule has 1 aliphatic heterocycles. The third kappa shape index (κ3) is 3.19. The Kier molecular flexibility index (Phi) is 4.78. The van der Waals surface area contributed by atoms with Crippen LogP contribution in [0.5, 0.6) is 0 Å². The van der Waals surface area contributed by atoms with Gasteiger partial charge in [-0.05, 0) is 63.2 Å². The van der Waals surface area contributed by atoms with Crippen molar-refractivity contribution in [1.29, 1.82) is 0 Å². The highest BCUT2D eigenvalue weighted by atomic mass is 32.1. The highest BCUT2D eigenvalue weighted by molar-refractivity contribution is 7.18. The number of piperidine rings is 1. The molecule has 1 aromatic carbocycles. The third-order valence-corrected chi connectivity index (χ3v) is 7.94. The number of nitrogens with zero attached hydrogens (tertiary/aromatic N) is 3. The van der Waals surface area contributed by atoms with Crippen molar-refractivity contribution in [2.24, 2.45) is 0 Å². The van der Waals surface area contributed by atoms with Crippen LogP contribution in [0, 0.1) is 0 Å². The molecule has 4 aromatic rings. The summed E-state index contributed by atoms with van der Waals surface area (Å²) in [6.45, 7) is 7.01. The second-order valence-corrected chi connectivity index (χ2v) is 9.45. The summed E-state index contributed by atoms with van der Waals surface area (Å²) in [7, 11) is 0. The van der Waals surface area contributed by atoms with E-state index in [9.17, 15) is 0 Å². The van der Waals surface area contributed by atoms with Gasteiger partial charge in [0, 0.05) is 34.1 Å². The van der Waals surface area contributed by atoms with Crippen LogP contribution in [0.2, 0.25) is 0 Å². The Balaban J connectivity index is 1.48. The van der Waals surface area contributed by atoms with Gasteiger partial charge < -0.3 is 10.2 Å². The number of likely N-dealkylation sites (N-methyl/N-ethyl adjacent to an activating group) is 1. The normalized spacial score (nSPS) is 20.8. The van der Waals surface area contributed by atoms with E-state index in [-0.39, 0.29) is 0 Å². The van der Waals surface area contributed by atoms with Crippen molar-refractivity contribution >= 4 is 54.5 Å². The molecular weight excluding hydrogens is 384 g/mol. The van der Waals surface area contributed by atoms with Crippen LogP contribution in [0.3, 0.4) is 0 Å². The van der Waals surface area contributed by atoms with E-state index < -0.39 is 0 Å². The molecule has 2 atom stereocenters. The van der Waals surface area contributed by atoms with Crippen LogP contribution in [-0.2, 0) is 0 Å². The summed E-state index contributed by atoms with van der Waals surface area (Å²) in [5.74, 6) is 0.604. The van der Waals surface area contributed by atoms with Crippen LogP contribution in [0.1, 0.15) is 37.5 Å². The molecule has 0 unspecified atom stereocenters. The maximum Gasteiger partial charge on any atom is 0.125 e. The van der Waals surface area contributed by atoms with Gasteiger partial charge in [-0.3, -0.25) is 0 Å². The number of hydrogen-bond donors (Lipinski definition) is 1. The SMILES string of the molecule is CCN1CCC[C@H](c2cc3c(Nc4ccc5scnc5c4)ccnc3s2)[C@H]1C. The molecule has 0 radical (unpaired) electrons. The molecule has 5 rings (SSSR count). The van der Waals surface area contributed by atoms with Crippen molar-refractivity contribution in [3.05, 3.63) is 46.9 Å². The van der Waals surface area contributed by atoms with Crippen molar-refractivity contribution in [1.82, 2.24) is 14.9 Å². The number of anilines is 2. The first kappa shape index (κ1) is 18.0. The summed E-state index contributed by atoms with van der Waals surface area (Å²) in [6, 6.07) is 11.4. The Hall–Kier alpha value is -2.02. The Bertz CT molecular complexity index is 1120. The van der Waals surface area contributed by atoms with E-state index >= 15 is 0 Å². The monoisotopic (exact) mass is 408 g/mol. The number of aromatic nitrogens is 2. The summed E-state index contributed by atoms with van der Waals surface area (Å²) in [4.78, 5) is 14.3. The van der Waals surface area contributed by atoms with E-state index in [1.54, 1.807) is 11.3 Å². The van der Waals surface area contributed by atoms with Gasteiger partial charge in [0.25, 0.3) is 0 Å². The zero-order valence-electron chi connectivity index (χ0n) is 16.2. The molecule has 1 N–H and O–H groups in total. The zero-order chi connectivity index (χ0) is 19.1. The van der Waals surface area contributed by atoms with Crippen LogP contribution in [0.25, 0.3) is 20.4 Å². The molecule has 6 heteroatoms. The van der Waals surface area contributed by atoms with Gasteiger partial charge in [0.2, 0.25) is 0 Å². The van der Waals surface area contributed by atoms with Crippen LogP contribution in [0.15, 0.2) is 42.0 Å². The topological polar surface area (TPSA) is 41.0 Å². The van der Waals surface area contributed by atoms with E-state index in [0.717, 1.165) is 28.3 Å². The highest BCUT2D eigenvalue weighted by Gasteiger charge is 2.29. The van der Waals surface area contributed by atoms with Crippen LogP contribution < -0.4 is 5.32 Å². The number of thiazole rings is 1. The average Bonchev–Trinajstić information content (AvgIpc) is 3.35. The van der Waals surface area contributed by atoms with Crippen molar-refractivity contribution in [3.63, 3.8) is 0 Å². The molecule has 0 amide bonds. The Morgan fingerprint density at radius 2 is 2.14 bits per heavy atom. The Labute approximate surface area is 173 Å². The van der Waals surface area contributed by atoms with Gasteiger partial charge in [0.15, 0.2) is 0 Å². The molecule has 1 saturated heterocycles. The van der Waals surface area contributed by atoms with Crippen molar-refractivity contribution < 1.29 is 0 Å². The lowest BCUT2D eigenvalue weighted by molar-refractivity contribution is 0.148. The summed E-state index contributed by atoms with van der Waals surface area (Å²) in [5.41, 5.74) is 5.14. The van der Waals surface area contributed by atoms with Gasteiger partial charge in [-0.1, -0.05) is 6.92 Å². The van der Waals surface area contributed by atoms with E-state index in [1.807, 2.05) is 23.0 Å². The first-order valence-corrected chi connectivity index (χ1v) is 11.7. The predicted octanol–water partition coefficient (Wildman–Crippen LogP) is 6.24. The fourth-order valence-corrected chi connectivity index (χ4v) is 6.30. The van der Waals surface area contributed by atoms with Crippen molar-refractivity contribution in [3.8, 4) is 0 Å². The minimum atomic E-state index is 0.593. The van der Waals surface area contributed by atoms with Gasteiger partial charge in [-0.2, -0.15) is 0 Å². The smallest absolute Gasteiger partial charge is 0.125 e. The number of nitrogens with one attached hydrogen (secondary N) is 1. The van der Waals surface area contributed by atoms with Crippen LogP contribution in [0.4, 0.5) is 11.4 Å². The molecule has 1 aliphatic rings. The molecule has 3 aromatic heterocycles. The van der Waals surface area contributed by atoms with E-state index in [1.165, 1.54) is 34.3 Å². The lowest BCUT2D eigenvalue weighted by Gasteiger charge is -2.38. The number of benzene rings is 1. The second-order valence-electron chi connectivity index (χ2n) is 7.50. The molecule has 4 nitrogen and oxygen atoms in total. The minimum Gasteiger partial charge on any atom is -0.355 e. The molecule has 0 aliphatic carbocycles. The third-order valence-electron chi connectivity index (χ3n) is 5.95. The van der Waals surface area contributed by atoms with Gasteiger partial charge in [0.1, 0.15) is 4.83 Å². The number of likely N-dealkylation sites (tertiary alicyclic amines) is 1. The van der Waals surface area contributed by atoms with Crippen LogP contribution >= 0.6 is 22.7 Å². The van der Waals surface area contributed by atoms with E-state index in [4.69, 9.17) is 0 Å². The molecule has 1 fully saturated rings. The van der Waals surface area contributed by atoms with Gasteiger partial charge in [-0.15, -0.1) is 22.7 Å². The molecule has 0 bridgehead atoms. The maximum absolute atomic E-state index is 4.66. The molecule has 0 saturated carbocycles. The summed E-state index contributed by atoms with van der Waals surface area (Å²) < 4.78 is 1.22. The van der Waals surface area contributed by atoms with Gasteiger partial charge in [0.05, 0.1) is 21.4 Å². The molecule has 4 heterocycles. The highest BCUT2D eigenvalue weighted by Crippen LogP contribution is 2.40. The molecular formula is C22H24N4S2. The number of thiophene rings is 1. The molecule has 144 valence electrons. The Morgan fingerprint density at radius 3 is 3.04 bits per heavy atom. The first-order chi connectivity index (χ1) is 13.7. The molecule has 28 heavy (non-hydrogen) atoms. The minimum absolute atomic E-state index is 0.593. The van der Waals surface area contributed by atoms with E-state index in [2.05, 4.69) is 64.4 Å². The number of pyridine rings is 1. The summed E-state index contributed by atoms with van der Waals surface area (Å²) in [6.07, 6.45) is 4.46. The van der Waals surface area contributed by atoms with E-state index in [0.29, 0.717) is 12.0 Å². The Morgan fingerprint density at radius 1 is 1.21 bits per heavy atom.